The Hall–Kier alpha value is -2.93. The van der Waals surface area contributed by atoms with E-state index in [1.165, 1.54) is 4.90 Å². The molecule has 0 unspecified atom stereocenters. The topological polar surface area (TPSA) is 97.1 Å². The van der Waals surface area contributed by atoms with Gasteiger partial charge in [-0.2, -0.15) is 0 Å². The number of nitrogens with two attached hydrogens (primary N) is 1. The standard InChI is InChI=1S/C24H28F5N5O2S/c25-37(26,27,28,29)17-3-4-19(20(30)14-17)24(35)34-10-1-2-15(6-11-34)18-5-9-31-23-21(18)32-22(33-23)16-7-12-36-13-8-16/h3-5,9,14-16H,1-2,6-8,10-13,30H2,(H,31,32,33)/t15-/m0/s1. The molecule has 1 atom stereocenters. The van der Waals surface area contributed by atoms with Crippen LogP contribution in [-0.2, 0) is 4.74 Å². The Morgan fingerprint density at radius 2 is 1.78 bits per heavy atom. The fraction of sp³-hybridized carbons (Fsp3) is 0.458. The van der Waals surface area contributed by atoms with E-state index in [0.29, 0.717) is 44.8 Å². The number of benzene rings is 1. The van der Waals surface area contributed by atoms with Gasteiger partial charge in [0.1, 0.15) is 10.7 Å². The summed E-state index contributed by atoms with van der Waals surface area (Å²) >= 11 is 0. The van der Waals surface area contributed by atoms with Crippen molar-refractivity contribution in [1.82, 2.24) is 19.9 Å². The van der Waals surface area contributed by atoms with Gasteiger partial charge in [0.15, 0.2) is 5.65 Å². The summed E-state index contributed by atoms with van der Waals surface area (Å²) in [6.45, 7) is 2.11. The lowest BCUT2D eigenvalue weighted by Crippen LogP contribution is -2.32. The first kappa shape index (κ1) is 25.7. The van der Waals surface area contributed by atoms with Gasteiger partial charge in [0.2, 0.25) is 0 Å². The summed E-state index contributed by atoms with van der Waals surface area (Å²) in [5, 5.41) is 0. The van der Waals surface area contributed by atoms with Crippen LogP contribution >= 0.6 is 10.2 Å². The predicted molar refractivity (Wildman–Crippen MR) is 131 cm³/mol. The molecule has 3 aromatic rings. The Balaban J connectivity index is 1.33. The number of aromatic nitrogens is 3. The van der Waals surface area contributed by atoms with E-state index in [0.717, 1.165) is 42.2 Å². The number of likely N-dealkylation sites (tertiary alicyclic amines) is 1. The largest absolute Gasteiger partial charge is 0.398 e. The molecular formula is C24H28F5N5O2S. The summed E-state index contributed by atoms with van der Waals surface area (Å²) < 4.78 is 71.1. The molecule has 0 spiro atoms. The van der Waals surface area contributed by atoms with Crippen molar-refractivity contribution in [3.63, 3.8) is 0 Å². The van der Waals surface area contributed by atoms with Crippen LogP contribution in [0.15, 0.2) is 35.4 Å². The monoisotopic (exact) mass is 545 g/mol. The first-order valence-electron chi connectivity index (χ1n) is 12.2. The number of carbonyl (C=O) groups excluding carboxylic acids is 1. The van der Waals surface area contributed by atoms with E-state index < -0.39 is 26.7 Å². The molecule has 202 valence electrons. The molecule has 2 aliphatic rings. The Morgan fingerprint density at radius 1 is 1.03 bits per heavy atom. The van der Waals surface area contributed by atoms with Gasteiger partial charge in [-0.3, -0.25) is 4.79 Å². The highest BCUT2D eigenvalue weighted by Gasteiger charge is 2.65. The Bertz CT molecular complexity index is 1340. The number of nitrogen functional groups attached to an aromatic ring is 1. The van der Waals surface area contributed by atoms with Crippen LogP contribution in [0.25, 0.3) is 11.2 Å². The molecule has 1 amide bonds. The van der Waals surface area contributed by atoms with Crippen molar-refractivity contribution >= 4 is 33.0 Å². The highest BCUT2D eigenvalue weighted by molar-refractivity contribution is 8.45. The molecule has 4 heterocycles. The number of aromatic amines is 1. The third-order valence-corrected chi connectivity index (χ3v) is 8.35. The zero-order valence-electron chi connectivity index (χ0n) is 19.9. The molecule has 0 aliphatic carbocycles. The highest BCUT2D eigenvalue weighted by atomic mass is 32.5. The Kier molecular flexibility index (Phi) is 5.94. The number of hydrogen-bond acceptors (Lipinski definition) is 5. The quantitative estimate of drug-likeness (QED) is 0.288. The maximum absolute atomic E-state index is 13.1. The van der Waals surface area contributed by atoms with Crippen LogP contribution in [-0.4, -0.2) is 52.1 Å². The Labute approximate surface area is 210 Å². The minimum Gasteiger partial charge on any atom is -0.398 e. The highest BCUT2D eigenvalue weighted by Crippen LogP contribution is 3.02. The molecule has 5 rings (SSSR count). The number of anilines is 1. The fourth-order valence-corrected chi connectivity index (χ4v) is 5.88. The molecule has 2 saturated heterocycles. The van der Waals surface area contributed by atoms with Gasteiger partial charge in [-0.05, 0) is 67.9 Å². The second-order valence-electron chi connectivity index (χ2n) is 9.75. The first-order valence-corrected chi connectivity index (χ1v) is 14.1. The fourth-order valence-electron chi connectivity index (χ4n) is 5.21. The van der Waals surface area contributed by atoms with Crippen LogP contribution < -0.4 is 5.73 Å². The van der Waals surface area contributed by atoms with Crippen LogP contribution in [0.2, 0.25) is 0 Å². The molecule has 37 heavy (non-hydrogen) atoms. The van der Waals surface area contributed by atoms with Gasteiger partial charge < -0.3 is 20.4 Å². The zero-order valence-corrected chi connectivity index (χ0v) is 20.8. The average Bonchev–Trinajstić information content (AvgIpc) is 3.13. The number of rotatable bonds is 4. The molecular weight excluding hydrogens is 517 g/mol. The summed E-state index contributed by atoms with van der Waals surface area (Å²) in [7, 11) is -9.89. The van der Waals surface area contributed by atoms with Gasteiger partial charge in [-0.15, -0.1) is 0 Å². The number of halogens is 5. The molecule has 2 aliphatic heterocycles. The average molecular weight is 546 g/mol. The summed E-state index contributed by atoms with van der Waals surface area (Å²) in [5.74, 6) is 0.720. The molecule has 0 radical (unpaired) electrons. The number of H-pyrrole nitrogens is 1. The van der Waals surface area contributed by atoms with Crippen molar-refractivity contribution in [1.29, 1.82) is 0 Å². The lowest BCUT2D eigenvalue weighted by atomic mass is 9.92. The zero-order chi connectivity index (χ0) is 26.5. The van der Waals surface area contributed by atoms with Crippen molar-refractivity contribution in [2.45, 2.75) is 48.8 Å². The van der Waals surface area contributed by atoms with Crippen LogP contribution in [0.3, 0.4) is 0 Å². The molecule has 3 N–H and O–H groups in total. The van der Waals surface area contributed by atoms with Crippen molar-refractivity contribution in [3.8, 4) is 0 Å². The number of amides is 1. The van der Waals surface area contributed by atoms with Gasteiger partial charge in [-0.25, -0.2) is 9.97 Å². The third-order valence-electron chi connectivity index (χ3n) is 7.20. The van der Waals surface area contributed by atoms with Crippen LogP contribution in [0.4, 0.5) is 25.1 Å². The number of hydrogen-bond donors (Lipinski definition) is 2. The maximum atomic E-state index is 13.1. The summed E-state index contributed by atoms with van der Waals surface area (Å²) in [6.07, 6.45) is 5.56. The molecule has 1 aromatic carbocycles. The number of fused-ring (bicyclic) bond motifs is 1. The van der Waals surface area contributed by atoms with E-state index >= 15 is 0 Å². The smallest absolute Gasteiger partial charge is 0.310 e. The van der Waals surface area contributed by atoms with Crippen molar-refractivity contribution in [2.75, 3.05) is 32.0 Å². The van der Waals surface area contributed by atoms with Gasteiger partial charge in [0.05, 0.1) is 11.1 Å². The van der Waals surface area contributed by atoms with E-state index in [4.69, 9.17) is 15.5 Å². The second kappa shape index (κ2) is 8.55. The number of carbonyl (C=O) groups is 1. The van der Waals surface area contributed by atoms with Gasteiger partial charge >= 0.3 is 10.2 Å². The minimum atomic E-state index is -9.89. The van der Waals surface area contributed by atoms with Crippen LogP contribution in [0, 0.1) is 0 Å². The minimum absolute atomic E-state index is 0.110. The second-order valence-corrected chi connectivity index (χ2v) is 12.2. The molecule has 7 nitrogen and oxygen atoms in total. The molecule has 0 bridgehead atoms. The van der Waals surface area contributed by atoms with Gasteiger partial charge in [0.25, 0.3) is 5.91 Å². The van der Waals surface area contributed by atoms with E-state index in [1.807, 2.05) is 6.07 Å². The van der Waals surface area contributed by atoms with E-state index in [1.54, 1.807) is 6.20 Å². The number of imidazole rings is 1. The van der Waals surface area contributed by atoms with Crippen LogP contribution in [0.5, 0.6) is 0 Å². The van der Waals surface area contributed by atoms with E-state index in [2.05, 4.69) is 9.97 Å². The number of nitrogens with one attached hydrogen (secondary N) is 1. The lowest BCUT2D eigenvalue weighted by Gasteiger charge is -2.40. The number of ether oxygens (including phenoxy) is 1. The van der Waals surface area contributed by atoms with Crippen LogP contribution in [0.1, 0.15) is 65.7 Å². The summed E-state index contributed by atoms with van der Waals surface area (Å²) in [6, 6.07) is 3.07. The van der Waals surface area contributed by atoms with Crippen molar-refractivity contribution in [2.24, 2.45) is 0 Å². The van der Waals surface area contributed by atoms with Gasteiger partial charge in [-0.1, -0.05) is 19.4 Å². The molecule has 2 aromatic heterocycles. The third kappa shape index (κ3) is 5.37. The summed E-state index contributed by atoms with van der Waals surface area (Å²) in [5.41, 5.74) is 7.39. The van der Waals surface area contributed by atoms with Gasteiger partial charge in [0, 0.05) is 44.1 Å². The molecule has 2 fully saturated rings. The Morgan fingerprint density at radius 3 is 2.49 bits per heavy atom. The maximum Gasteiger partial charge on any atom is 0.310 e. The lowest BCUT2D eigenvalue weighted by molar-refractivity contribution is 0.0762. The summed E-state index contributed by atoms with van der Waals surface area (Å²) in [4.78, 5) is 25.1. The SMILES string of the molecule is Nc1cc(S(F)(F)(F)(F)F)ccc1C(=O)N1CCC[C@H](c2ccnc3nc(C4CCOCC4)[nH]c23)CC1. The number of nitrogens with zero attached hydrogens (tertiary/aromatic N) is 3. The molecule has 13 heteroatoms. The van der Waals surface area contributed by atoms with Crippen molar-refractivity contribution < 1.29 is 29.0 Å². The normalized spacial score (nSPS) is 21.9. The number of pyridine rings is 1. The first-order chi connectivity index (χ1) is 17.3. The van der Waals surface area contributed by atoms with E-state index in [9.17, 15) is 24.2 Å². The molecule has 0 saturated carbocycles. The van der Waals surface area contributed by atoms with E-state index in [-0.39, 0.29) is 29.5 Å². The van der Waals surface area contributed by atoms with Crippen molar-refractivity contribution in [3.05, 3.63) is 47.4 Å². The predicted octanol–water partition coefficient (Wildman–Crippen LogP) is 6.50.